The average Bonchev–Trinajstić information content (AvgIpc) is 3.18. The molecule has 122 valence electrons. The maximum atomic E-state index is 12.3. The van der Waals surface area contributed by atoms with Gasteiger partial charge in [-0.2, -0.15) is 0 Å². The Balaban J connectivity index is 1.36. The number of aromatic amines is 1. The van der Waals surface area contributed by atoms with Crippen LogP contribution in [0.25, 0.3) is 5.69 Å². The van der Waals surface area contributed by atoms with Crippen molar-refractivity contribution >= 4 is 11.6 Å². The number of nitrogens with one attached hydrogen (secondary N) is 2. The molecular formula is C16H16N6O2. The van der Waals surface area contributed by atoms with Crippen molar-refractivity contribution in [1.29, 1.82) is 0 Å². The Morgan fingerprint density at radius 3 is 2.58 bits per heavy atom. The largest absolute Gasteiger partial charge is 0.326 e. The fraction of sp³-hybridized carbons (Fsp3) is 0.250. The molecule has 1 aliphatic rings. The first-order valence-electron chi connectivity index (χ1n) is 7.74. The third-order valence-electron chi connectivity index (χ3n) is 4.32. The Bertz CT molecular complexity index is 887. The molecule has 0 atom stereocenters. The van der Waals surface area contributed by atoms with Gasteiger partial charge in [0.1, 0.15) is 0 Å². The van der Waals surface area contributed by atoms with Crippen LogP contribution in [0.15, 0.2) is 53.7 Å². The number of anilines is 1. The van der Waals surface area contributed by atoms with Crippen molar-refractivity contribution in [2.45, 2.75) is 18.9 Å². The molecule has 1 fully saturated rings. The monoisotopic (exact) mass is 324 g/mol. The van der Waals surface area contributed by atoms with Gasteiger partial charge < -0.3 is 5.32 Å². The van der Waals surface area contributed by atoms with Gasteiger partial charge in [0.05, 0.1) is 17.9 Å². The number of H-pyrrole nitrogens is 1. The van der Waals surface area contributed by atoms with E-state index < -0.39 is 0 Å². The third kappa shape index (κ3) is 2.73. The molecule has 8 heteroatoms. The first-order valence-corrected chi connectivity index (χ1v) is 7.74. The molecule has 4 rings (SSSR count). The number of benzene rings is 1. The zero-order valence-electron chi connectivity index (χ0n) is 12.8. The van der Waals surface area contributed by atoms with Crippen LogP contribution < -0.4 is 10.9 Å². The van der Waals surface area contributed by atoms with Crippen LogP contribution in [0, 0.1) is 5.92 Å². The van der Waals surface area contributed by atoms with Crippen LogP contribution in [-0.4, -0.2) is 30.7 Å². The Kier molecular flexibility index (Phi) is 3.49. The molecule has 1 aliphatic carbocycles. The van der Waals surface area contributed by atoms with Gasteiger partial charge >= 0.3 is 0 Å². The van der Waals surface area contributed by atoms with Crippen molar-refractivity contribution in [3.8, 4) is 5.69 Å². The van der Waals surface area contributed by atoms with Crippen LogP contribution in [0.1, 0.15) is 18.9 Å². The molecule has 24 heavy (non-hydrogen) atoms. The molecule has 0 unspecified atom stereocenters. The number of aromatic nitrogens is 5. The highest BCUT2D eigenvalue weighted by atomic mass is 16.2. The Hall–Kier alpha value is -3.16. The summed E-state index contributed by atoms with van der Waals surface area (Å²) in [6.07, 6.45) is 6.68. The summed E-state index contributed by atoms with van der Waals surface area (Å²) < 4.78 is 3.43. The second kappa shape index (κ2) is 5.80. The molecule has 0 aliphatic heterocycles. The average molecular weight is 324 g/mol. The second-order valence-corrected chi connectivity index (χ2v) is 5.90. The van der Waals surface area contributed by atoms with Crippen LogP contribution in [-0.2, 0) is 4.79 Å². The minimum absolute atomic E-state index is 0.000296. The van der Waals surface area contributed by atoms with E-state index in [4.69, 9.17) is 0 Å². The van der Waals surface area contributed by atoms with Crippen LogP contribution in [0.2, 0.25) is 0 Å². The molecule has 0 spiro atoms. The minimum atomic E-state index is -0.153. The molecule has 2 heterocycles. The van der Waals surface area contributed by atoms with Gasteiger partial charge in [-0.05, 0) is 37.1 Å². The van der Waals surface area contributed by atoms with E-state index in [-0.39, 0.29) is 23.4 Å². The normalized spacial score (nSPS) is 19.7. The maximum Gasteiger partial charge on any atom is 0.264 e. The van der Waals surface area contributed by atoms with Crippen molar-refractivity contribution in [2.75, 3.05) is 5.32 Å². The molecular weight excluding hydrogens is 308 g/mol. The summed E-state index contributed by atoms with van der Waals surface area (Å²) >= 11 is 0. The van der Waals surface area contributed by atoms with Crippen molar-refractivity contribution in [3.05, 3.63) is 59.3 Å². The highest BCUT2D eigenvalue weighted by Crippen LogP contribution is 2.37. The third-order valence-corrected chi connectivity index (χ3v) is 4.32. The highest BCUT2D eigenvalue weighted by Gasteiger charge is 2.36. The number of hydrogen-bond acceptors (Lipinski definition) is 4. The van der Waals surface area contributed by atoms with E-state index in [1.165, 1.54) is 6.07 Å². The lowest BCUT2D eigenvalue weighted by Crippen LogP contribution is -2.36. The zero-order valence-corrected chi connectivity index (χ0v) is 12.8. The standard InChI is InChI=1S/C16H16N6O2/c23-15-5-7-21(19-15)13-3-1-12(2-4-13)18-16(24)11-9-14(10-11)22-8-6-17-20-22/h1-8,11,14H,9-10H2,(H,18,24)(H,19,23). The lowest BCUT2D eigenvalue weighted by atomic mass is 9.79. The van der Waals surface area contributed by atoms with E-state index in [0.29, 0.717) is 0 Å². The molecule has 2 aromatic heterocycles. The van der Waals surface area contributed by atoms with E-state index in [2.05, 4.69) is 20.7 Å². The number of carbonyl (C=O) groups excluding carboxylic acids is 1. The number of nitrogens with zero attached hydrogens (tertiary/aromatic N) is 4. The fourth-order valence-corrected chi connectivity index (χ4v) is 2.87. The minimum Gasteiger partial charge on any atom is -0.326 e. The van der Waals surface area contributed by atoms with Gasteiger partial charge in [-0.15, -0.1) is 5.10 Å². The van der Waals surface area contributed by atoms with Crippen LogP contribution in [0.5, 0.6) is 0 Å². The number of carbonyl (C=O) groups is 1. The quantitative estimate of drug-likeness (QED) is 0.757. The molecule has 1 amide bonds. The molecule has 1 saturated carbocycles. The summed E-state index contributed by atoms with van der Waals surface area (Å²) in [5, 5.41) is 13.3. The fourth-order valence-electron chi connectivity index (χ4n) is 2.87. The molecule has 2 N–H and O–H groups in total. The van der Waals surface area contributed by atoms with Crippen molar-refractivity contribution < 1.29 is 4.79 Å². The van der Waals surface area contributed by atoms with Crippen LogP contribution >= 0.6 is 0 Å². The summed E-state index contributed by atoms with van der Waals surface area (Å²) in [6, 6.07) is 9.03. The Labute approximate surface area is 137 Å². The van der Waals surface area contributed by atoms with Gasteiger partial charge in [-0.25, -0.2) is 4.68 Å². The predicted molar refractivity (Wildman–Crippen MR) is 86.8 cm³/mol. The topological polar surface area (TPSA) is 97.6 Å². The smallest absolute Gasteiger partial charge is 0.264 e. The maximum absolute atomic E-state index is 12.3. The van der Waals surface area contributed by atoms with E-state index in [0.717, 1.165) is 24.2 Å². The summed E-state index contributed by atoms with van der Waals surface area (Å²) in [7, 11) is 0. The van der Waals surface area contributed by atoms with E-state index in [1.54, 1.807) is 21.8 Å². The first-order chi connectivity index (χ1) is 11.7. The predicted octanol–water partition coefficient (Wildman–Crippen LogP) is 1.35. The summed E-state index contributed by atoms with van der Waals surface area (Å²) in [4.78, 5) is 23.4. The second-order valence-electron chi connectivity index (χ2n) is 5.90. The number of rotatable bonds is 4. The van der Waals surface area contributed by atoms with Gasteiger partial charge in [0.25, 0.3) is 5.56 Å². The lowest BCUT2D eigenvalue weighted by Gasteiger charge is -2.33. The van der Waals surface area contributed by atoms with Gasteiger partial charge in [0.2, 0.25) is 5.91 Å². The van der Waals surface area contributed by atoms with E-state index in [1.807, 2.05) is 30.5 Å². The molecule has 8 nitrogen and oxygen atoms in total. The van der Waals surface area contributed by atoms with Crippen molar-refractivity contribution in [1.82, 2.24) is 24.8 Å². The summed E-state index contributed by atoms with van der Waals surface area (Å²) in [5.41, 5.74) is 1.41. The Morgan fingerprint density at radius 1 is 1.17 bits per heavy atom. The van der Waals surface area contributed by atoms with Crippen molar-refractivity contribution in [3.63, 3.8) is 0 Å². The summed E-state index contributed by atoms with van der Waals surface area (Å²) in [6.45, 7) is 0. The van der Waals surface area contributed by atoms with Gasteiger partial charge in [0, 0.05) is 30.1 Å². The zero-order chi connectivity index (χ0) is 16.5. The van der Waals surface area contributed by atoms with Crippen LogP contribution in [0.3, 0.4) is 0 Å². The van der Waals surface area contributed by atoms with Gasteiger partial charge in [-0.3, -0.25) is 19.4 Å². The van der Waals surface area contributed by atoms with Gasteiger partial charge in [-0.1, -0.05) is 5.21 Å². The molecule has 0 saturated heterocycles. The molecule has 1 aromatic carbocycles. The molecule has 0 radical (unpaired) electrons. The van der Waals surface area contributed by atoms with E-state index in [9.17, 15) is 9.59 Å². The number of hydrogen-bond donors (Lipinski definition) is 2. The Morgan fingerprint density at radius 2 is 1.96 bits per heavy atom. The molecule has 0 bridgehead atoms. The lowest BCUT2D eigenvalue weighted by molar-refractivity contribution is -0.123. The summed E-state index contributed by atoms with van der Waals surface area (Å²) in [5.74, 6) is 0.0215. The van der Waals surface area contributed by atoms with E-state index >= 15 is 0 Å². The number of amides is 1. The van der Waals surface area contributed by atoms with Crippen LogP contribution in [0.4, 0.5) is 5.69 Å². The van der Waals surface area contributed by atoms with Gasteiger partial charge in [0.15, 0.2) is 0 Å². The molecule has 3 aromatic rings. The highest BCUT2D eigenvalue weighted by molar-refractivity contribution is 5.93. The van der Waals surface area contributed by atoms with Crippen molar-refractivity contribution in [2.24, 2.45) is 5.92 Å². The first kappa shape index (κ1) is 14.4. The SMILES string of the molecule is O=C(Nc1ccc(-n2ccc(=O)[nH]2)cc1)C1CC(n2ccnn2)C1.